The summed E-state index contributed by atoms with van der Waals surface area (Å²) in [7, 11) is 2.98. The van der Waals surface area contributed by atoms with E-state index in [1.807, 2.05) is 0 Å². The van der Waals surface area contributed by atoms with E-state index in [0.717, 1.165) is 19.3 Å². The Morgan fingerprint density at radius 3 is 1.72 bits per heavy atom. The number of ether oxygens (including phenoxy) is 2. The number of carbonyl (C=O) groups is 2. The number of hydrogen-bond donors (Lipinski definition) is 0. The molecule has 3 rings (SSSR count). The largest absolute Gasteiger partial charge is 0.350 e. The molecule has 0 N–H and O–H groups in total. The van der Waals surface area contributed by atoms with Crippen LogP contribution in [0.3, 0.4) is 0 Å². The van der Waals surface area contributed by atoms with Crippen molar-refractivity contribution in [2.24, 2.45) is 11.8 Å². The number of fused-ring (bicyclic) bond motifs is 5. The molecule has 0 heterocycles. The minimum absolute atomic E-state index is 0.0852. The van der Waals surface area contributed by atoms with Gasteiger partial charge >= 0.3 is 0 Å². The maximum atomic E-state index is 12.4. The van der Waals surface area contributed by atoms with E-state index in [0.29, 0.717) is 0 Å². The van der Waals surface area contributed by atoms with Crippen molar-refractivity contribution < 1.29 is 19.1 Å². The molecule has 3 aliphatic carbocycles. The molecule has 0 spiro atoms. The summed E-state index contributed by atoms with van der Waals surface area (Å²) >= 11 is 7.06. The van der Waals surface area contributed by atoms with Crippen molar-refractivity contribution in [1.82, 2.24) is 0 Å². The lowest BCUT2D eigenvalue weighted by molar-refractivity contribution is -0.217. The fourth-order valence-electron chi connectivity index (χ4n) is 4.31. The molecule has 0 amide bonds. The standard InChI is InChI=1S/C12H14Br2O4/c1-17-12(18-2)10(13)6-4-3-5-7(6)11(12,14)9(16)8(10)15/h6-7H,3-5H2,1-2H3/t6-,7+,10-,11+. The lowest BCUT2D eigenvalue weighted by Crippen LogP contribution is -2.57. The molecule has 4 atom stereocenters. The van der Waals surface area contributed by atoms with Gasteiger partial charge in [0.1, 0.15) is 0 Å². The highest BCUT2D eigenvalue weighted by Gasteiger charge is 2.88. The van der Waals surface area contributed by atoms with Gasteiger partial charge in [0.25, 0.3) is 0 Å². The zero-order chi connectivity index (χ0) is 13.3. The first-order valence-electron chi connectivity index (χ1n) is 5.99. The number of halogens is 2. The zero-order valence-electron chi connectivity index (χ0n) is 10.2. The van der Waals surface area contributed by atoms with Crippen molar-refractivity contribution >= 4 is 43.4 Å². The first-order chi connectivity index (χ1) is 8.41. The fourth-order valence-corrected chi connectivity index (χ4v) is 7.30. The second-order valence-corrected chi connectivity index (χ2v) is 7.75. The van der Waals surface area contributed by atoms with Gasteiger partial charge in [-0.1, -0.05) is 38.3 Å². The van der Waals surface area contributed by atoms with E-state index in [1.54, 1.807) is 0 Å². The van der Waals surface area contributed by atoms with Crippen LogP contribution in [0.4, 0.5) is 0 Å². The van der Waals surface area contributed by atoms with Crippen LogP contribution in [-0.2, 0) is 19.1 Å². The number of Topliss-reactive ketones (excluding diaryl/α,β-unsaturated/α-hetero) is 2. The third-order valence-electron chi connectivity index (χ3n) is 4.94. The molecule has 0 saturated heterocycles. The Morgan fingerprint density at radius 2 is 1.39 bits per heavy atom. The summed E-state index contributed by atoms with van der Waals surface area (Å²) in [5.41, 5.74) is 0. The molecule has 6 heteroatoms. The van der Waals surface area contributed by atoms with Crippen molar-refractivity contribution in [3.8, 4) is 0 Å². The van der Waals surface area contributed by atoms with Crippen molar-refractivity contribution in [3.63, 3.8) is 0 Å². The average Bonchev–Trinajstić information content (AvgIpc) is 2.94. The third kappa shape index (κ3) is 0.971. The quantitative estimate of drug-likeness (QED) is 0.416. The van der Waals surface area contributed by atoms with Crippen LogP contribution < -0.4 is 0 Å². The Hall–Kier alpha value is 0.220. The van der Waals surface area contributed by atoms with E-state index in [1.165, 1.54) is 14.2 Å². The van der Waals surface area contributed by atoms with Crippen molar-refractivity contribution in [2.45, 2.75) is 33.7 Å². The van der Waals surface area contributed by atoms with E-state index in [9.17, 15) is 9.59 Å². The SMILES string of the molecule is COC1(OC)[C@@]2(Br)C(=O)C(=O)[C@]1(Br)[C@@H]1CCC[C@@H]12. The summed E-state index contributed by atoms with van der Waals surface area (Å²) in [6, 6.07) is 0. The molecule has 0 radical (unpaired) electrons. The number of methoxy groups -OCH3 is 2. The third-order valence-corrected chi connectivity index (χ3v) is 7.88. The van der Waals surface area contributed by atoms with Crippen LogP contribution in [0.2, 0.25) is 0 Å². The first kappa shape index (κ1) is 13.2. The monoisotopic (exact) mass is 380 g/mol. The first-order valence-corrected chi connectivity index (χ1v) is 7.57. The molecular formula is C12H14Br2O4. The maximum absolute atomic E-state index is 12.4. The second kappa shape index (κ2) is 3.65. The minimum atomic E-state index is -1.25. The van der Waals surface area contributed by atoms with Crippen LogP contribution in [0, 0.1) is 11.8 Å². The highest BCUT2D eigenvalue weighted by molar-refractivity contribution is 9.11. The van der Waals surface area contributed by atoms with E-state index in [-0.39, 0.29) is 11.8 Å². The molecule has 100 valence electrons. The predicted octanol–water partition coefficient (Wildman–Crippen LogP) is 1.82. The summed E-state index contributed by atoms with van der Waals surface area (Å²) in [4.78, 5) is 24.8. The normalized spacial score (nSPS) is 48.9. The highest BCUT2D eigenvalue weighted by atomic mass is 79.9. The number of rotatable bonds is 2. The van der Waals surface area contributed by atoms with Gasteiger partial charge in [-0.15, -0.1) is 0 Å². The molecule has 18 heavy (non-hydrogen) atoms. The molecule has 4 nitrogen and oxygen atoms in total. The van der Waals surface area contributed by atoms with Gasteiger partial charge < -0.3 is 9.47 Å². The van der Waals surface area contributed by atoms with Crippen LogP contribution in [-0.4, -0.2) is 40.2 Å². The van der Waals surface area contributed by atoms with Crippen molar-refractivity contribution in [2.75, 3.05) is 14.2 Å². The molecule has 0 aromatic heterocycles. The van der Waals surface area contributed by atoms with Crippen LogP contribution in [0.15, 0.2) is 0 Å². The molecule has 0 aromatic rings. The van der Waals surface area contributed by atoms with Crippen LogP contribution in [0.5, 0.6) is 0 Å². The van der Waals surface area contributed by atoms with Crippen LogP contribution >= 0.6 is 31.9 Å². The Labute approximate surface area is 122 Å². The summed E-state index contributed by atoms with van der Waals surface area (Å²) in [5, 5.41) is 0. The smallest absolute Gasteiger partial charge is 0.222 e. The Balaban J connectivity index is 2.30. The number of alkyl halides is 2. The number of hydrogen-bond acceptors (Lipinski definition) is 4. The lowest BCUT2D eigenvalue weighted by atomic mass is 9.80. The van der Waals surface area contributed by atoms with Crippen molar-refractivity contribution in [3.05, 3.63) is 0 Å². The van der Waals surface area contributed by atoms with Gasteiger partial charge in [-0.2, -0.15) is 0 Å². The van der Waals surface area contributed by atoms with Gasteiger partial charge in [-0.3, -0.25) is 9.59 Å². The van der Waals surface area contributed by atoms with Gasteiger partial charge in [0, 0.05) is 14.2 Å². The molecule has 3 aliphatic rings. The molecule has 0 unspecified atom stereocenters. The number of ketones is 2. The van der Waals surface area contributed by atoms with Gasteiger partial charge in [-0.25, -0.2) is 0 Å². The topological polar surface area (TPSA) is 52.6 Å². The van der Waals surface area contributed by atoms with E-state index >= 15 is 0 Å². The maximum Gasteiger partial charge on any atom is 0.222 e. The van der Waals surface area contributed by atoms with Crippen LogP contribution in [0.1, 0.15) is 19.3 Å². The second-order valence-electron chi connectivity index (χ2n) is 5.25. The average molecular weight is 382 g/mol. The van der Waals surface area contributed by atoms with E-state index in [4.69, 9.17) is 9.47 Å². The van der Waals surface area contributed by atoms with E-state index in [2.05, 4.69) is 31.9 Å². The molecule has 2 bridgehead atoms. The Morgan fingerprint density at radius 1 is 1.00 bits per heavy atom. The van der Waals surface area contributed by atoms with Gasteiger partial charge in [-0.05, 0) is 24.7 Å². The zero-order valence-corrected chi connectivity index (χ0v) is 13.3. The summed E-state index contributed by atoms with van der Waals surface area (Å²) < 4.78 is 9.02. The molecular weight excluding hydrogens is 368 g/mol. The lowest BCUT2D eigenvalue weighted by Gasteiger charge is -2.39. The van der Waals surface area contributed by atoms with Gasteiger partial charge in [0.2, 0.25) is 17.4 Å². The van der Waals surface area contributed by atoms with Gasteiger partial charge in [0.15, 0.2) is 8.65 Å². The summed E-state index contributed by atoms with van der Waals surface area (Å²) in [5.74, 6) is -1.93. The molecule has 3 fully saturated rings. The van der Waals surface area contributed by atoms with E-state index < -0.39 is 26.0 Å². The Kier molecular flexibility index (Phi) is 2.68. The van der Waals surface area contributed by atoms with Gasteiger partial charge in [0.05, 0.1) is 0 Å². The highest BCUT2D eigenvalue weighted by Crippen LogP contribution is 2.72. The fraction of sp³-hybridized carbons (Fsp3) is 0.833. The molecule has 3 saturated carbocycles. The summed E-state index contributed by atoms with van der Waals surface area (Å²) in [6.07, 6.45) is 2.85. The van der Waals surface area contributed by atoms with Crippen molar-refractivity contribution in [1.29, 1.82) is 0 Å². The molecule has 0 aromatic carbocycles. The summed E-state index contributed by atoms with van der Waals surface area (Å²) in [6.45, 7) is 0. The Bertz CT molecular complexity index is 411. The predicted molar refractivity (Wildman–Crippen MR) is 70.9 cm³/mol. The minimum Gasteiger partial charge on any atom is -0.350 e. The molecule has 0 aliphatic heterocycles. The number of carbonyl (C=O) groups excluding carboxylic acids is 2. The van der Waals surface area contributed by atoms with Crippen LogP contribution in [0.25, 0.3) is 0 Å².